The number of benzene rings is 1. The first kappa shape index (κ1) is 20.7. The van der Waals surface area contributed by atoms with Crippen molar-refractivity contribution in [3.8, 4) is 5.75 Å². The molecule has 2 aromatic rings. The van der Waals surface area contributed by atoms with Crippen molar-refractivity contribution in [2.24, 2.45) is 14.1 Å². The molecule has 1 aromatic carbocycles. The molecule has 0 aliphatic carbocycles. The summed E-state index contributed by atoms with van der Waals surface area (Å²) in [6.07, 6.45) is 0. The number of aromatic nitrogens is 2. The zero-order chi connectivity index (χ0) is 21.3. The molecule has 0 amide bonds. The third-order valence-corrected chi connectivity index (χ3v) is 5.62. The molecule has 2 heterocycles. The number of rotatable bonds is 5. The molecular formula is C20H27N5O4. The second kappa shape index (κ2) is 8.12. The average Bonchev–Trinajstić information content (AvgIpc) is 2.76. The van der Waals surface area contributed by atoms with Gasteiger partial charge < -0.3 is 15.4 Å². The molecule has 156 valence electrons. The summed E-state index contributed by atoms with van der Waals surface area (Å²) in [6, 6.07) is 7.30. The zero-order valence-electron chi connectivity index (χ0n) is 17.2. The first-order chi connectivity index (χ1) is 13.8. The molecule has 1 saturated heterocycles. The van der Waals surface area contributed by atoms with Crippen molar-refractivity contribution in [1.82, 2.24) is 14.0 Å². The number of hydrogen-bond donors (Lipinski definition) is 1. The van der Waals surface area contributed by atoms with Crippen molar-refractivity contribution in [3.63, 3.8) is 0 Å². The topological polar surface area (TPSA) is 103 Å². The molecule has 3 rings (SSSR count). The van der Waals surface area contributed by atoms with E-state index in [9.17, 15) is 14.4 Å². The van der Waals surface area contributed by atoms with Crippen LogP contribution in [-0.2, 0) is 14.1 Å². The van der Waals surface area contributed by atoms with E-state index in [0.717, 1.165) is 33.7 Å². The Bertz CT molecular complexity index is 1030. The minimum absolute atomic E-state index is 0.0948. The number of carbonyl (C=O) groups excluding carboxylic acids is 1. The number of ketones is 1. The molecule has 1 aliphatic rings. The molecule has 0 bridgehead atoms. The lowest BCUT2D eigenvalue weighted by Gasteiger charge is -2.39. The molecule has 0 saturated carbocycles. The van der Waals surface area contributed by atoms with E-state index in [2.05, 4.69) is 4.90 Å². The Morgan fingerprint density at radius 1 is 1.07 bits per heavy atom. The normalized spacial score (nSPS) is 15.9. The van der Waals surface area contributed by atoms with Crippen molar-refractivity contribution in [3.05, 3.63) is 50.7 Å². The molecule has 2 N–H and O–H groups in total. The van der Waals surface area contributed by atoms with Crippen molar-refractivity contribution in [1.29, 1.82) is 0 Å². The lowest BCUT2D eigenvalue weighted by atomic mass is 10.0. The minimum Gasteiger partial charge on any atom is -0.495 e. The van der Waals surface area contributed by atoms with Crippen LogP contribution in [0.15, 0.2) is 33.9 Å². The SMILES string of the molecule is COc1ccccc1N1CCN([C@H](C)C(=O)c2c(N)n(C)c(=O)n(C)c2=O)CC1. The highest BCUT2D eigenvalue weighted by atomic mass is 16.5. The number of nitrogens with zero attached hydrogens (tertiary/aromatic N) is 4. The van der Waals surface area contributed by atoms with Gasteiger partial charge in [0.15, 0.2) is 5.78 Å². The number of para-hydroxylation sites is 2. The molecular weight excluding hydrogens is 374 g/mol. The third kappa shape index (κ3) is 3.65. The molecule has 1 aliphatic heterocycles. The maximum absolute atomic E-state index is 13.1. The van der Waals surface area contributed by atoms with Crippen LogP contribution in [0, 0.1) is 0 Å². The molecule has 9 nitrogen and oxygen atoms in total. The summed E-state index contributed by atoms with van der Waals surface area (Å²) in [5, 5.41) is 0. The van der Waals surface area contributed by atoms with Gasteiger partial charge >= 0.3 is 5.69 Å². The molecule has 0 unspecified atom stereocenters. The number of ether oxygens (including phenoxy) is 1. The van der Waals surface area contributed by atoms with Crippen molar-refractivity contribution in [2.45, 2.75) is 13.0 Å². The number of Topliss-reactive ketones (excluding diaryl/α,β-unsaturated/α-hetero) is 1. The Morgan fingerprint density at radius 3 is 2.31 bits per heavy atom. The van der Waals surface area contributed by atoms with Crippen LogP contribution in [-0.4, -0.2) is 59.1 Å². The summed E-state index contributed by atoms with van der Waals surface area (Å²) in [7, 11) is 4.44. The van der Waals surface area contributed by atoms with Gasteiger partial charge in [-0.05, 0) is 19.1 Å². The Kier molecular flexibility index (Phi) is 5.78. The highest BCUT2D eigenvalue weighted by Crippen LogP contribution is 2.28. The molecule has 29 heavy (non-hydrogen) atoms. The van der Waals surface area contributed by atoms with Crippen molar-refractivity contribution < 1.29 is 9.53 Å². The maximum Gasteiger partial charge on any atom is 0.332 e. The average molecular weight is 401 g/mol. The van der Waals surface area contributed by atoms with E-state index >= 15 is 0 Å². The first-order valence-electron chi connectivity index (χ1n) is 9.49. The van der Waals surface area contributed by atoms with Crippen LogP contribution in [0.3, 0.4) is 0 Å². The summed E-state index contributed by atoms with van der Waals surface area (Å²) in [4.78, 5) is 41.8. The highest BCUT2D eigenvalue weighted by molar-refractivity contribution is 6.03. The molecule has 0 spiro atoms. The second-order valence-corrected chi connectivity index (χ2v) is 7.20. The second-order valence-electron chi connectivity index (χ2n) is 7.20. The number of piperazine rings is 1. The number of nitrogen functional groups attached to an aromatic ring is 1. The van der Waals surface area contributed by atoms with Gasteiger partial charge in [0.05, 0.1) is 18.8 Å². The molecule has 9 heteroatoms. The van der Waals surface area contributed by atoms with E-state index in [-0.39, 0.29) is 17.2 Å². The smallest absolute Gasteiger partial charge is 0.332 e. The maximum atomic E-state index is 13.1. The van der Waals surface area contributed by atoms with E-state index in [0.29, 0.717) is 13.1 Å². The molecule has 1 fully saturated rings. The van der Waals surface area contributed by atoms with Gasteiger partial charge in [-0.1, -0.05) is 12.1 Å². The van der Waals surface area contributed by atoms with Gasteiger partial charge in [0.2, 0.25) is 0 Å². The van der Waals surface area contributed by atoms with Gasteiger partial charge in [-0.25, -0.2) is 4.79 Å². The molecule has 1 atom stereocenters. The van der Waals surface area contributed by atoms with E-state index in [1.807, 2.05) is 29.2 Å². The van der Waals surface area contributed by atoms with Crippen LogP contribution in [0.1, 0.15) is 17.3 Å². The van der Waals surface area contributed by atoms with Gasteiger partial charge in [0, 0.05) is 40.3 Å². The van der Waals surface area contributed by atoms with E-state index in [1.165, 1.54) is 14.1 Å². The van der Waals surface area contributed by atoms with Crippen molar-refractivity contribution >= 4 is 17.3 Å². The standard InChI is InChI=1S/C20H27N5O4/c1-13(17(26)16-18(21)22(2)20(28)23(3)19(16)27)24-9-11-25(12-10-24)14-7-5-6-8-15(14)29-4/h5-8,13H,9-12,21H2,1-4H3/t13-/m1/s1. The van der Waals surface area contributed by atoms with Gasteiger partial charge in [-0.15, -0.1) is 0 Å². The number of hydrogen-bond acceptors (Lipinski definition) is 7. The van der Waals surface area contributed by atoms with E-state index in [1.54, 1.807) is 14.0 Å². The van der Waals surface area contributed by atoms with Crippen LogP contribution >= 0.6 is 0 Å². The summed E-state index contributed by atoms with van der Waals surface area (Å²) >= 11 is 0. The largest absolute Gasteiger partial charge is 0.495 e. The minimum atomic E-state index is -0.657. The monoisotopic (exact) mass is 401 g/mol. The zero-order valence-corrected chi connectivity index (χ0v) is 17.2. The van der Waals surface area contributed by atoms with E-state index < -0.39 is 17.3 Å². The summed E-state index contributed by atoms with van der Waals surface area (Å²) in [5.74, 6) is 0.346. The lowest BCUT2D eigenvalue weighted by molar-refractivity contribution is 0.0827. The fourth-order valence-corrected chi connectivity index (χ4v) is 3.71. The Labute approximate surface area is 168 Å². The Morgan fingerprint density at radius 2 is 1.69 bits per heavy atom. The lowest BCUT2D eigenvalue weighted by Crippen LogP contribution is -2.53. The Hall–Kier alpha value is -3.07. The van der Waals surface area contributed by atoms with Gasteiger partial charge in [0.25, 0.3) is 5.56 Å². The fraction of sp³-hybridized carbons (Fsp3) is 0.450. The quantitative estimate of drug-likeness (QED) is 0.707. The predicted octanol–water partition coefficient (Wildman–Crippen LogP) is 0.0682. The molecule has 1 aromatic heterocycles. The summed E-state index contributed by atoms with van der Waals surface area (Å²) < 4.78 is 7.48. The van der Waals surface area contributed by atoms with E-state index in [4.69, 9.17) is 10.5 Å². The van der Waals surface area contributed by atoms with Gasteiger partial charge in [-0.3, -0.25) is 23.6 Å². The first-order valence-corrected chi connectivity index (χ1v) is 9.49. The van der Waals surface area contributed by atoms with Crippen LogP contribution in [0.2, 0.25) is 0 Å². The summed E-state index contributed by atoms with van der Waals surface area (Å²) in [6.45, 7) is 4.51. The molecule has 0 radical (unpaired) electrons. The number of nitrogens with two attached hydrogens (primary N) is 1. The van der Waals surface area contributed by atoms with Gasteiger partial charge in [0.1, 0.15) is 17.1 Å². The van der Waals surface area contributed by atoms with Crippen LogP contribution in [0.25, 0.3) is 0 Å². The van der Waals surface area contributed by atoms with Crippen LogP contribution < -0.4 is 26.6 Å². The fourth-order valence-electron chi connectivity index (χ4n) is 3.71. The van der Waals surface area contributed by atoms with Crippen LogP contribution in [0.5, 0.6) is 5.75 Å². The number of methoxy groups -OCH3 is 1. The van der Waals surface area contributed by atoms with Crippen LogP contribution in [0.4, 0.5) is 11.5 Å². The predicted molar refractivity (Wildman–Crippen MR) is 112 cm³/mol. The summed E-state index contributed by atoms with van der Waals surface area (Å²) in [5.41, 5.74) is 5.62. The highest BCUT2D eigenvalue weighted by Gasteiger charge is 2.31. The number of carbonyl (C=O) groups is 1. The van der Waals surface area contributed by atoms with Gasteiger partial charge in [-0.2, -0.15) is 0 Å². The number of anilines is 2. The Balaban J connectivity index is 1.78. The van der Waals surface area contributed by atoms with Crippen molar-refractivity contribution in [2.75, 3.05) is 43.9 Å². The third-order valence-electron chi connectivity index (χ3n) is 5.62.